The highest BCUT2D eigenvalue weighted by Gasteiger charge is 2.18. The third kappa shape index (κ3) is 18.6. The van der Waals surface area contributed by atoms with Gasteiger partial charge in [-0.05, 0) is 40.5 Å². The van der Waals surface area contributed by atoms with Gasteiger partial charge in [0.1, 0.15) is 15.4 Å². The molecular weight excluding hydrogens is 495 g/mol. The highest BCUT2D eigenvalue weighted by molar-refractivity contribution is 14.0. The van der Waals surface area contributed by atoms with E-state index in [-0.39, 0.29) is 35.8 Å². The molecule has 0 heterocycles. The Balaban J connectivity index is 0. The van der Waals surface area contributed by atoms with Gasteiger partial charge in [-0.15, -0.1) is 24.0 Å². The topological polar surface area (TPSA) is 109 Å². The molecule has 0 radical (unpaired) electrons. The summed E-state index contributed by atoms with van der Waals surface area (Å²) < 4.78 is 27.7. The molecule has 0 aromatic rings. The van der Waals surface area contributed by atoms with Crippen molar-refractivity contribution >= 4 is 45.9 Å². The maximum atomic E-state index is 11.9. The van der Waals surface area contributed by atoms with Gasteiger partial charge in [-0.2, -0.15) is 0 Å². The maximum absolute atomic E-state index is 11.9. The number of ether oxygens (including phenoxy) is 1. The van der Waals surface area contributed by atoms with Crippen LogP contribution in [-0.2, 0) is 14.6 Å². The van der Waals surface area contributed by atoms with Crippen molar-refractivity contribution in [2.75, 3.05) is 31.6 Å². The van der Waals surface area contributed by atoms with Gasteiger partial charge >= 0.3 is 6.09 Å². The van der Waals surface area contributed by atoms with Crippen LogP contribution in [0.1, 0.15) is 60.3 Å². The number of hydrogen-bond donors (Lipinski definition) is 3. The minimum atomic E-state index is -2.97. The fraction of sp³-hybridized carbons (Fsp3) is 0.889. The predicted molar refractivity (Wildman–Crippen MR) is 126 cm³/mol. The van der Waals surface area contributed by atoms with Crippen LogP contribution in [0.4, 0.5) is 4.79 Å². The van der Waals surface area contributed by atoms with E-state index in [2.05, 4.69) is 27.9 Å². The van der Waals surface area contributed by atoms with Crippen LogP contribution in [0.5, 0.6) is 0 Å². The second kappa shape index (κ2) is 15.1. The molecule has 0 saturated carbocycles. The molecule has 28 heavy (non-hydrogen) atoms. The van der Waals surface area contributed by atoms with Gasteiger partial charge in [-0.1, -0.05) is 19.8 Å². The summed E-state index contributed by atoms with van der Waals surface area (Å²) in [7, 11) is -2.97. The number of halogens is 1. The van der Waals surface area contributed by atoms with Crippen molar-refractivity contribution in [1.82, 2.24) is 16.0 Å². The molecule has 8 nitrogen and oxygen atoms in total. The van der Waals surface area contributed by atoms with Gasteiger partial charge in [0.2, 0.25) is 0 Å². The zero-order valence-electron chi connectivity index (χ0n) is 18.1. The number of carbonyl (C=O) groups is 1. The average Bonchev–Trinajstić information content (AvgIpc) is 2.51. The normalized spacial score (nSPS) is 13.3. The third-order valence-electron chi connectivity index (χ3n) is 3.43. The fourth-order valence-corrected chi connectivity index (χ4v) is 2.88. The molecule has 0 aromatic heterocycles. The minimum absolute atomic E-state index is 0. The Morgan fingerprint density at radius 2 is 1.79 bits per heavy atom. The molecule has 0 aliphatic carbocycles. The van der Waals surface area contributed by atoms with Crippen molar-refractivity contribution in [2.24, 2.45) is 4.99 Å². The number of alkyl carbamates (subject to hydrolysis) is 1. The number of hydrogen-bond acceptors (Lipinski definition) is 5. The number of amides is 1. The third-order valence-corrected chi connectivity index (χ3v) is 4.46. The number of guanidine groups is 1. The SMILES string of the molecule is CCCCC(CNC(=O)OC(C)(C)C)NC(=NCCCS(C)(=O)=O)NCC.I. The number of unbranched alkanes of at least 4 members (excludes halogenated alkanes) is 1. The Kier molecular flexibility index (Phi) is 15.9. The van der Waals surface area contributed by atoms with Gasteiger partial charge in [0.15, 0.2) is 5.96 Å². The number of sulfone groups is 1. The quantitative estimate of drug-likeness (QED) is 0.163. The molecule has 0 saturated heterocycles. The van der Waals surface area contributed by atoms with E-state index in [1.165, 1.54) is 6.26 Å². The zero-order valence-corrected chi connectivity index (χ0v) is 21.3. The van der Waals surface area contributed by atoms with Crippen molar-refractivity contribution in [3.63, 3.8) is 0 Å². The molecule has 1 atom stereocenters. The van der Waals surface area contributed by atoms with Gasteiger partial charge in [0.25, 0.3) is 0 Å². The standard InChI is InChI=1S/C18H38N4O4S.HI/c1-7-9-11-15(14-21-17(23)26-18(3,4)5)22-16(19-8-2)20-12-10-13-27(6,24)25;/h15H,7-14H2,1-6H3,(H,21,23)(H2,19,20,22);1H. The van der Waals surface area contributed by atoms with Gasteiger partial charge in [0.05, 0.1) is 5.75 Å². The van der Waals surface area contributed by atoms with E-state index in [9.17, 15) is 13.2 Å². The second-order valence-corrected chi connectivity index (χ2v) is 9.87. The van der Waals surface area contributed by atoms with E-state index in [1.807, 2.05) is 27.7 Å². The Morgan fingerprint density at radius 1 is 1.14 bits per heavy atom. The minimum Gasteiger partial charge on any atom is -0.444 e. The Morgan fingerprint density at radius 3 is 2.29 bits per heavy atom. The van der Waals surface area contributed by atoms with Crippen molar-refractivity contribution in [1.29, 1.82) is 0 Å². The summed E-state index contributed by atoms with van der Waals surface area (Å²) in [5, 5.41) is 9.28. The van der Waals surface area contributed by atoms with Crippen LogP contribution in [-0.4, -0.2) is 63.8 Å². The van der Waals surface area contributed by atoms with Crippen LogP contribution in [0, 0.1) is 0 Å². The van der Waals surface area contributed by atoms with E-state index in [0.29, 0.717) is 32.0 Å². The Hall–Kier alpha value is -0.780. The molecule has 0 aliphatic rings. The largest absolute Gasteiger partial charge is 0.444 e. The van der Waals surface area contributed by atoms with Crippen LogP contribution >= 0.6 is 24.0 Å². The summed E-state index contributed by atoms with van der Waals surface area (Å²) in [6, 6.07) is 0.00479. The maximum Gasteiger partial charge on any atom is 0.407 e. The van der Waals surface area contributed by atoms with Gasteiger partial charge in [0, 0.05) is 31.9 Å². The first-order valence-corrected chi connectivity index (χ1v) is 11.7. The van der Waals surface area contributed by atoms with Crippen molar-refractivity contribution in [2.45, 2.75) is 71.9 Å². The van der Waals surface area contributed by atoms with E-state index < -0.39 is 21.5 Å². The highest BCUT2D eigenvalue weighted by Crippen LogP contribution is 2.07. The zero-order chi connectivity index (χ0) is 20.9. The summed E-state index contributed by atoms with van der Waals surface area (Å²) in [6.45, 7) is 11.1. The first-order chi connectivity index (χ1) is 12.5. The first-order valence-electron chi connectivity index (χ1n) is 9.66. The van der Waals surface area contributed by atoms with Crippen LogP contribution < -0.4 is 16.0 Å². The van der Waals surface area contributed by atoms with Crippen molar-refractivity contribution < 1.29 is 17.9 Å². The van der Waals surface area contributed by atoms with E-state index in [1.54, 1.807) is 0 Å². The summed E-state index contributed by atoms with van der Waals surface area (Å²) in [4.78, 5) is 16.3. The lowest BCUT2D eigenvalue weighted by molar-refractivity contribution is 0.0522. The van der Waals surface area contributed by atoms with E-state index in [0.717, 1.165) is 19.3 Å². The summed E-state index contributed by atoms with van der Waals surface area (Å²) >= 11 is 0. The smallest absolute Gasteiger partial charge is 0.407 e. The van der Waals surface area contributed by atoms with E-state index >= 15 is 0 Å². The molecule has 0 bridgehead atoms. The molecule has 0 fully saturated rings. The lowest BCUT2D eigenvalue weighted by Crippen LogP contribution is -2.49. The molecule has 0 aromatic carbocycles. The van der Waals surface area contributed by atoms with Crippen LogP contribution in [0.15, 0.2) is 4.99 Å². The highest BCUT2D eigenvalue weighted by atomic mass is 127. The lowest BCUT2D eigenvalue weighted by atomic mass is 10.1. The lowest BCUT2D eigenvalue weighted by Gasteiger charge is -2.24. The number of carbonyl (C=O) groups excluding carboxylic acids is 1. The van der Waals surface area contributed by atoms with E-state index in [4.69, 9.17) is 4.74 Å². The van der Waals surface area contributed by atoms with Gasteiger partial charge in [-0.25, -0.2) is 13.2 Å². The number of aliphatic imine (C=N–C) groups is 1. The van der Waals surface area contributed by atoms with Crippen molar-refractivity contribution in [3.8, 4) is 0 Å². The molecule has 168 valence electrons. The van der Waals surface area contributed by atoms with Crippen LogP contribution in [0.3, 0.4) is 0 Å². The Labute approximate surface area is 188 Å². The fourth-order valence-electron chi connectivity index (χ4n) is 2.23. The second-order valence-electron chi connectivity index (χ2n) is 7.61. The molecule has 1 unspecified atom stereocenters. The number of nitrogens with one attached hydrogen (secondary N) is 3. The molecule has 3 N–H and O–H groups in total. The number of nitrogens with zero attached hydrogens (tertiary/aromatic N) is 1. The average molecular weight is 535 g/mol. The molecule has 1 amide bonds. The number of rotatable bonds is 11. The van der Waals surface area contributed by atoms with Gasteiger partial charge in [-0.3, -0.25) is 4.99 Å². The molecule has 0 rings (SSSR count). The molecule has 0 aliphatic heterocycles. The van der Waals surface area contributed by atoms with Crippen LogP contribution in [0.2, 0.25) is 0 Å². The van der Waals surface area contributed by atoms with Crippen LogP contribution in [0.25, 0.3) is 0 Å². The first kappa shape index (κ1) is 29.4. The monoisotopic (exact) mass is 534 g/mol. The Bertz CT molecular complexity index is 562. The predicted octanol–water partition coefficient (Wildman–Crippen LogP) is 2.68. The van der Waals surface area contributed by atoms with Gasteiger partial charge < -0.3 is 20.7 Å². The summed E-state index contributed by atoms with van der Waals surface area (Å²) in [5.41, 5.74) is -0.535. The summed E-state index contributed by atoms with van der Waals surface area (Å²) in [5.74, 6) is 0.744. The van der Waals surface area contributed by atoms with Crippen molar-refractivity contribution in [3.05, 3.63) is 0 Å². The molecule has 0 spiro atoms. The molecular formula is C18H39IN4O4S. The molecule has 10 heteroatoms. The summed E-state index contributed by atoms with van der Waals surface area (Å²) in [6.07, 6.45) is 4.20.